The van der Waals surface area contributed by atoms with Crippen molar-refractivity contribution in [3.63, 3.8) is 0 Å². The summed E-state index contributed by atoms with van der Waals surface area (Å²) in [5.74, 6) is 1.44. The van der Waals surface area contributed by atoms with E-state index < -0.39 is 0 Å². The molecule has 106 valence electrons. The average Bonchev–Trinajstić information content (AvgIpc) is 2.47. The Labute approximate surface area is 123 Å². The van der Waals surface area contributed by atoms with Crippen molar-refractivity contribution >= 4 is 28.5 Å². The molecular formula is C15H18ClN3O. The Kier molecular flexibility index (Phi) is 3.76. The summed E-state index contributed by atoms with van der Waals surface area (Å²) >= 11 is 5.93. The van der Waals surface area contributed by atoms with E-state index in [1.54, 1.807) is 0 Å². The van der Waals surface area contributed by atoms with E-state index in [2.05, 4.69) is 16.8 Å². The first kappa shape index (κ1) is 13.6. The minimum absolute atomic E-state index is 0.0561. The molecule has 1 aliphatic heterocycles. The summed E-state index contributed by atoms with van der Waals surface area (Å²) in [6, 6.07) is 8.24. The van der Waals surface area contributed by atoms with Gasteiger partial charge in [-0.15, -0.1) is 11.6 Å². The van der Waals surface area contributed by atoms with Gasteiger partial charge in [0.2, 0.25) is 0 Å². The SMILES string of the molecule is Cc1nc2ccccc2nc1N1CC(CCl)OCC1C. The Bertz CT molecular complexity index is 619. The molecule has 5 heteroatoms. The summed E-state index contributed by atoms with van der Waals surface area (Å²) in [6.45, 7) is 5.58. The van der Waals surface area contributed by atoms with Crippen molar-refractivity contribution in [3.05, 3.63) is 30.0 Å². The van der Waals surface area contributed by atoms with Crippen molar-refractivity contribution in [2.75, 3.05) is 23.9 Å². The molecular weight excluding hydrogens is 274 g/mol. The van der Waals surface area contributed by atoms with Crippen LogP contribution in [0.3, 0.4) is 0 Å². The van der Waals surface area contributed by atoms with E-state index in [0.29, 0.717) is 12.5 Å². The van der Waals surface area contributed by atoms with Crippen LogP contribution in [0.4, 0.5) is 5.82 Å². The van der Waals surface area contributed by atoms with Crippen molar-refractivity contribution in [2.24, 2.45) is 0 Å². The normalized spacial score (nSPS) is 23.2. The van der Waals surface area contributed by atoms with Crippen LogP contribution in [-0.4, -0.2) is 41.1 Å². The van der Waals surface area contributed by atoms with Crippen LogP contribution in [-0.2, 0) is 4.74 Å². The Morgan fingerprint density at radius 3 is 2.70 bits per heavy atom. The smallest absolute Gasteiger partial charge is 0.151 e. The van der Waals surface area contributed by atoms with Crippen LogP contribution in [0, 0.1) is 6.92 Å². The van der Waals surface area contributed by atoms with Gasteiger partial charge in [0, 0.05) is 6.54 Å². The molecule has 2 unspecified atom stereocenters. The minimum atomic E-state index is 0.0561. The molecule has 3 rings (SSSR count). The number of rotatable bonds is 2. The molecule has 0 saturated carbocycles. The Hall–Kier alpha value is -1.39. The number of aromatic nitrogens is 2. The summed E-state index contributed by atoms with van der Waals surface area (Å²) in [5, 5.41) is 0. The maximum atomic E-state index is 5.93. The quantitative estimate of drug-likeness (QED) is 0.798. The fraction of sp³-hybridized carbons (Fsp3) is 0.467. The van der Waals surface area contributed by atoms with E-state index >= 15 is 0 Å². The van der Waals surface area contributed by atoms with E-state index in [4.69, 9.17) is 21.3 Å². The maximum Gasteiger partial charge on any atom is 0.151 e. The topological polar surface area (TPSA) is 38.2 Å². The monoisotopic (exact) mass is 291 g/mol. The zero-order valence-electron chi connectivity index (χ0n) is 11.7. The number of hydrogen-bond acceptors (Lipinski definition) is 4. The molecule has 1 fully saturated rings. The van der Waals surface area contributed by atoms with Gasteiger partial charge in [-0.3, -0.25) is 0 Å². The largest absolute Gasteiger partial charge is 0.373 e. The number of halogens is 1. The number of ether oxygens (including phenoxy) is 1. The number of nitrogens with zero attached hydrogens (tertiary/aromatic N) is 3. The van der Waals surface area contributed by atoms with E-state index in [-0.39, 0.29) is 12.1 Å². The van der Waals surface area contributed by atoms with Gasteiger partial charge in [0.05, 0.1) is 41.4 Å². The van der Waals surface area contributed by atoms with Gasteiger partial charge >= 0.3 is 0 Å². The number of anilines is 1. The number of para-hydroxylation sites is 2. The van der Waals surface area contributed by atoms with Crippen LogP contribution >= 0.6 is 11.6 Å². The molecule has 1 aliphatic rings. The molecule has 20 heavy (non-hydrogen) atoms. The first-order chi connectivity index (χ1) is 9.69. The Balaban J connectivity index is 2.01. The summed E-state index contributed by atoms with van der Waals surface area (Å²) in [4.78, 5) is 11.7. The Morgan fingerprint density at radius 2 is 2.00 bits per heavy atom. The number of fused-ring (bicyclic) bond motifs is 1. The third-order valence-corrected chi connectivity index (χ3v) is 4.01. The lowest BCUT2D eigenvalue weighted by atomic mass is 10.2. The third kappa shape index (κ3) is 2.45. The highest BCUT2D eigenvalue weighted by molar-refractivity contribution is 6.18. The molecule has 1 aromatic carbocycles. The first-order valence-electron chi connectivity index (χ1n) is 6.86. The van der Waals surface area contributed by atoms with Gasteiger partial charge in [-0.1, -0.05) is 12.1 Å². The summed E-state index contributed by atoms with van der Waals surface area (Å²) in [6.07, 6.45) is 0.0561. The van der Waals surface area contributed by atoms with Crippen molar-refractivity contribution in [3.8, 4) is 0 Å². The van der Waals surface area contributed by atoms with Crippen LogP contribution in [0.2, 0.25) is 0 Å². The fourth-order valence-electron chi connectivity index (χ4n) is 2.56. The van der Waals surface area contributed by atoms with E-state index in [9.17, 15) is 0 Å². The lowest BCUT2D eigenvalue weighted by Gasteiger charge is -2.38. The highest BCUT2D eigenvalue weighted by Gasteiger charge is 2.28. The first-order valence-corrected chi connectivity index (χ1v) is 7.40. The van der Waals surface area contributed by atoms with Gasteiger partial charge in [0.25, 0.3) is 0 Å². The van der Waals surface area contributed by atoms with Gasteiger partial charge in [-0.25, -0.2) is 9.97 Å². The van der Waals surface area contributed by atoms with Crippen LogP contribution in [0.15, 0.2) is 24.3 Å². The molecule has 0 radical (unpaired) electrons. The molecule has 2 aromatic rings. The third-order valence-electron chi connectivity index (χ3n) is 3.67. The van der Waals surface area contributed by atoms with Crippen molar-refractivity contribution in [1.82, 2.24) is 9.97 Å². The second-order valence-electron chi connectivity index (χ2n) is 5.23. The van der Waals surface area contributed by atoms with Gasteiger partial charge in [-0.05, 0) is 26.0 Å². The average molecular weight is 292 g/mol. The fourth-order valence-corrected chi connectivity index (χ4v) is 2.74. The molecule has 2 heterocycles. The van der Waals surface area contributed by atoms with E-state index in [1.165, 1.54) is 0 Å². The number of hydrogen-bond donors (Lipinski definition) is 0. The van der Waals surface area contributed by atoms with E-state index in [1.807, 2.05) is 31.2 Å². The zero-order valence-corrected chi connectivity index (χ0v) is 12.5. The number of alkyl halides is 1. The van der Waals surface area contributed by atoms with Crippen LogP contribution in [0.5, 0.6) is 0 Å². The minimum Gasteiger partial charge on any atom is -0.373 e. The molecule has 4 nitrogen and oxygen atoms in total. The van der Waals surface area contributed by atoms with Gasteiger partial charge in [0.15, 0.2) is 5.82 Å². The molecule has 2 atom stereocenters. The van der Waals surface area contributed by atoms with Crippen LogP contribution in [0.25, 0.3) is 11.0 Å². The number of aryl methyl sites for hydroxylation is 1. The molecule has 0 N–H and O–H groups in total. The molecule has 0 spiro atoms. The van der Waals surface area contributed by atoms with Gasteiger partial charge < -0.3 is 9.64 Å². The molecule has 0 amide bonds. The predicted molar refractivity (Wildman–Crippen MR) is 81.5 cm³/mol. The van der Waals surface area contributed by atoms with Crippen molar-refractivity contribution < 1.29 is 4.74 Å². The van der Waals surface area contributed by atoms with Gasteiger partial charge in [-0.2, -0.15) is 0 Å². The second-order valence-corrected chi connectivity index (χ2v) is 5.54. The standard InChI is InChI=1S/C15H18ClN3O/c1-10-9-20-12(7-16)8-19(10)15-11(2)17-13-5-3-4-6-14(13)18-15/h3-6,10,12H,7-9H2,1-2H3. The molecule has 0 aliphatic carbocycles. The maximum absolute atomic E-state index is 5.93. The van der Waals surface area contributed by atoms with Gasteiger partial charge in [0.1, 0.15) is 0 Å². The lowest BCUT2D eigenvalue weighted by Crippen LogP contribution is -2.49. The predicted octanol–water partition coefficient (Wildman–Crippen LogP) is 2.77. The summed E-state index contributed by atoms with van der Waals surface area (Å²) < 4.78 is 5.70. The molecule has 1 aromatic heterocycles. The summed E-state index contributed by atoms with van der Waals surface area (Å²) in [5.41, 5.74) is 2.81. The lowest BCUT2D eigenvalue weighted by molar-refractivity contribution is 0.0361. The van der Waals surface area contributed by atoms with E-state index in [0.717, 1.165) is 29.1 Å². The van der Waals surface area contributed by atoms with Crippen molar-refractivity contribution in [2.45, 2.75) is 26.0 Å². The van der Waals surface area contributed by atoms with Crippen molar-refractivity contribution in [1.29, 1.82) is 0 Å². The summed E-state index contributed by atoms with van der Waals surface area (Å²) in [7, 11) is 0. The molecule has 0 bridgehead atoms. The second kappa shape index (κ2) is 5.54. The molecule has 1 saturated heterocycles. The van der Waals surface area contributed by atoms with Crippen LogP contribution < -0.4 is 4.90 Å². The number of benzene rings is 1. The highest BCUT2D eigenvalue weighted by atomic mass is 35.5. The van der Waals surface area contributed by atoms with Crippen LogP contribution in [0.1, 0.15) is 12.6 Å². The zero-order chi connectivity index (χ0) is 14.1. The highest BCUT2D eigenvalue weighted by Crippen LogP contribution is 2.25. The Morgan fingerprint density at radius 1 is 1.30 bits per heavy atom. The number of morpholine rings is 1.